The van der Waals surface area contributed by atoms with Crippen molar-refractivity contribution in [3.8, 4) is 0 Å². The minimum absolute atomic E-state index is 0.417. The molecule has 84 valence electrons. The maximum atomic E-state index is 11.6. The van der Waals surface area contributed by atoms with E-state index in [1.165, 1.54) is 0 Å². The third-order valence-corrected chi connectivity index (χ3v) is 4.15. The van der Waals surface area contributed by atoms with Gasteiger partial charge in [-0.05, 0) is 51.0 Å². The first-order valence-corrected chi connectivity index (χ1v) is 6.46. The molecule has 15 heavy (non-hydrogen) atoms. The van der Waals surface area contributed by atoms with Crippen molar-refractivity contribution >= 4 is 15.7 Å². The zero-order valence-electron chi connectivity index (χ0n) is 9.53. The predicted molar refractivity (Wildman–Crippen MR) is 63.6 cm³/mol. The first-order chi connectivity index (χ1) is 6.83. The van der Waals surface area contributed by atoms with Crippen molar-refractivity contribution in [2.45, 2.75) is 32.9 Å². The molecular formula is C11H17NO2S. The van der Waals surface area contributed by atoms with Gasteiger partial charge < -0.3 is 0 Å². The average molecular weight is 227 g/mol. The van der Waals surface area contributed by atoms with Gasteiger partial charge in [-0.25, -0.2) is 8.42 Å². The van der Waals surface area contributed by atoms with Crippen LogP contribution in [0.4, 0.5) is 5.69 Å². The molecule has 0 fully saturated rings. The number of hydrogen-bond acceptors (Lipinski definition) is 2. The second kappa shape index (κ2) is 4.23. The summed E-state index contributed by atoms with van der Waals surface area (Å²) in [6.07, 6.45) is 0. The molecule has 0 radical (unpaired) electrons. The maximum Gasteiger partial charge on any atom is 0.235 e. The highest BCUT2D eigenvalue weighted by molar-refractivity contribution is 7.93. The van der Waals surface area contributed by atoms with Gasteiger partial charge in [0.2, 0.25) is 10.0 Å². The van der Waals surface area contributed by atoms with Gasteiger partial charge in [0.05, 0.1) is 5.25 Å². The lowest BCUT2D eigenvalue weighted by Crippen LogP contribution is -2.22. The average Bonchev–Trinajstić information content (AvgIpc) is 2.10. The molecule has 0 heterocycles. The number of anilines is 1. The summed E-state index contributed by atoms with van der Waals surface area (Å²) in [5.74, 6) is 0. The summed E-state index contributed by atoms with van der Waals surface area (Å²) in [7, 11) is -3.23. The quantitative estimate of drug-likeness (QED) is 0.862. The highest BCUT2D eigenvalue weighted by atomic mass is 32.2. The van der Waals surface area contributed by atoms with E-state index in [0.29, 0.717) is 5.69 Å². The maximum absolute atomic E-state index is 11.6. The van der Waals surface area contributed by atoms with Crippen molar-refractivity contribution in [2.75, 3.05) is 4.72 Å². The van der Waals surface area contributed by atoms with Crippen LogP contribution in [0.1, 0.15) is 25.0 Å². The molecule has 0 atom stereocenters. The Bertz CT molecular complexity index is 450. The van der Waals surface area contributed by atoms with Crippen molar-refractivity contribution < 1.29 is 8.42 Å². The molecule has 0 aliphatic heterocycles. The molecule has 0 saturated carbocycles. The predicted octanol–water partition coefficient (Wildman–Crippen LogP) is 2.45. The standard InChI is InChI=1S/C11H17NO2S/c1-8(2)15(13,14)12-11-6-5-9(3)10(4)7-11/h5-8,12H,1-4H3. The second-order valence-electron chi connectivity index (χ2n) is 3.99. The number of benzene rings is 1. The van der Waals surface area contributed by atoms with Crippen molar-refractivity contribution in [3.63, 3.8) is 0 Å². The number of aryl methyl sites for hydroxylation is 2. The Hall–Kier alpha value is -1.03. The summed E-state index contributed by atoms with van der Waals surface area (Å²) < 4.78 is 25.7. The second-order valence-corrected chi connectivity index (χ2v) is 6.23. The Morgan fingerprint density at radius 1 is 1.13 bits per heavy atom. The Morgan fingerprint density at radius 2 is 1.73 bits per heavy atom. The number of sulfonamides is 1. The van der Waals surface area contributed by atoms with E-state index >= 15 is 0 Å². The number of hydrogen-bond donors (Lipinski definition) is 1. The van der Waals surface area contributed by atoms with Crippen LogP contribution in [0.5, 0.6) is 0 Å². The molecule has 0 aromatic heterocycles. The molecule has 0 amide bonds. The monoisotopic (exact) mass is 227 g/mol. The fraction of sp³-hybridized carbons (Fsp3) is 0.455. The first-order valence-electron chi connectivity index (χ1n) is 4.92. The van der Waals surface area contributed by atoms with Gasteiger partial charge >= 0.3 is 0 Å². The smallest absolute Gasteiger partial charge is 0.235 e. The van der Waals surface area contributed by atoms with Crippen LogP contribution >= 0.6 is 0 Å². The fourth-order valence-corrected chi connectivity index (χ4v) is 1.78. The SMILES string of the molecule is Cc1ccc(NS(=O)(=O)C(C)C)cc1C. The molecule has 0 saturated heterocycles. The van der Waals surface area contributed by atoms with Crippen LogP contribution in [-0.4, -0.2) is 13.7 Å². The largest absolute Gasteiger partial charge is 0.283 e. The van der Waals surface area contributed by atoms with Crippen LogP contribution in [-0.2, 0) is 10.0 Å². The lowest BCUT2D eigenvalue weighted by molar-refractivity contribution is 0.593. The molecule has 3 nitrogen and oxygen atoms in total. The lowest BCUT2D eigenvalue weighted by atomic mass is 10.1. The molecule has 0 spiro atoms. The van der Waals surface area contributed by atoms with Gasteiger partial charge in [-0.1, -0.05) is 6.07 Å². The van der Waals surface area contributed by atoms with Gasteiger partial charge in [0.1, 0.15) is 0 Å². The van der Waals surface area contributed by atoms with Crippen LogP contribution in [0, 0.1) is 13.8 Å². The lowest BCUT2D eigenvalue weighted by Gasteiger charge is -2.11. The summed E-state index contributed by atoms with van der Waals surface area (Å²) in [5.41, 5.74) is 2.87. The third kappa shape index (κ3) is 2.96. The molecule has 0 aliphatic carbocycles. The van der Waals surface area contributed by atoms with Crippen molar-refractivity contribution in [2.24, 2.45) is 0 Å². The molecule has 1 aromatic rings. The highest BCUT2D eigenvalue weighted by Crippen LogP contribution is 2.16. The van der Waals surface area contributed by atoms with E-state index in [4.69, 9.17) is 0 Å². The van der Waals surface area contributed by atoms with Gasteiger partial charge in [-0.3, -0.25) is 4.72 Å². The Labute approximate surface area is 91.6 Å². The minimum Gasteiger partial charge on any atom is -0.283 e. The van der Waals surface area contributed by atoms with E-state index in [1.807, 2.05) is 26.0 Å². The summed E-state index contributed by atoms with van der Waals surface area (Å²) in [5, 5.41) is -0.417. The van der Waals surface area contributed by atoms with E-state index in [1.54, 1.807) is 19.9 Å². The third-order valence-electron chi connectivity index (χ3n) is 2.39. The van der Waals surface area contributed by atoms with Crippen LogP contribution in [0.25, 0.3) is 0 Å². The molecule has 0 unspecified atom stereocenters. The molecule has 4 heteroatoms. The van der Waals surface area contributed by atoms with E-state index in [2.05, 4.69) is 4.72 Å². The number of nitrogens with one attached hydrogen (secondary N) is 1. The van der Waals surface area contributed by atoms with Gasteiger partial charge in [0.25, 0.3) is 0 Å². The zero-order chi connectivity index (χ0) is 11.6. The summed E-state index contributed by atoms with van der Waals surface area (Å²) >= 11 is 0. The Morgan fingerprint density at radius 3 is 2.20 bits per heavy atom. The molecule has 1 rings (SSSR count). The normalized spacial score (nSPS) is 11.8. The first kappa shape index (κ1) is 12.0. The summed E-state index contributed by atoms with van der Waals surface area (Å²) in [6, 6.07) is 5.53. The van der Waals surface area contributed by atoms with E-state index in [9.17, 15) is 8.42 Å². The van der Waals surface area contributed by atoms with Crippen molar-refractivity contribution in [1.82, 2.24) is 0 Å². The minimum atomic E-state index is -3.23. The van der Waals surface area contributed by atoms with Crippen LogP contribution < -0.4 is 4.72 Å². The van der Waals surface area contributed by atoms with Crippen molar-refractivity contribution in [3.05, 3.63) is 29.3 Å². The Kier molecular flexibility index (Phi) is 3.39. The highest BCUT2D eigenvalue weighted by Gasteiger charge is 2.15. The summed E-state index contributed by atoms with van der Waals surface area (Å²) in [6.45, 7) is 7.27. The van der Waals surface area contributed by atoms with Gasteiger partial charge in [0.15, 0.2) is 0 Å². The van der Waals surface area contributed by atoms with Gasteiger partial charge in [-0.15, -0.1) is 0 Å². The van der Waals surface area contributed by atoms with E-state index in [0.717, 1.165) is 11.1 Å². The summed E-state index contributed by atoms with van der Waals surface area (Å²) in [4.78, 5) is 0. The van der Waals surface area contributed by atoms with Crippen LogP contribution in [0.3, 0.4) is 0 Å². The molecule has 0 bridgehead atoms. The molecule has 0 aliphatic rings. The molecular weight excluding hydrogens is 210 g/mol. The van der Waals surface area contributed by atoms with Gasteiger partial charge in [0, 0.05) is 5.69 Å². The molecule has 1 N–H and O–H groups in total. The van der Waals surface area contributed by atoms with Crippen molar-refractivity contribution in [1.29, 1.82) is 0 Å². The van der Waals surface area contributed by atoms with E-state index in [-0.39, 0.29) is 0 Å². The van der Waals surface area contributed by atoms with Crippen LogP contribution in [0.2, 0.25) is 0 Å². The van der Waals surface area contributed by atoms with Crippen LogP contribution in [0.15, 0.2) is 18.2 Å². The molecule has 1 aromatic carbocycles. The van der Waals surface area contributed by atoms with E-state index < -0.39 is 15.3 Å². The number of rotatable bonds is 3. The Balaban J connectivity index is 2.96. The zero-order valence-corrected chi connectivity index (χ0v) is 10.4. The van der Waals surface area contributed by atoms with Gasteiger partial charge in [-0.2, -0.15) is 0 Å². The fourth-order valence-electron chi connectivity index (χ4n) is 1.09. The topological polar surface area (TPSA) is 46.2 Å².